The van der Waals surface area contributed by atoms with Crippen LogP contribution in [0.2, 0.25) is 0 Å². The van der Waals surface area contributed by atoms with Crippen molar-refractivity contribution in [2.75, 3.05) is 19.7 Å². The third kappa shape index (κ3) is 1.80. The zero-order valence-electron chi connectivity index (χ0n) is 9.78. The summed E-state index contributed by atoms with van der Waals surface area (Å²) in [5.41, 5.74) is -0.261. The van der Waals surface area contributed by atoms with E-state index in [2.05, 4.69) is 5.32 Å². The van der Waals surface area contributed by atoms with Crippen LogP contribution >= 0.6 is 0 Å². The van der Waals surface area contributed by atoms with Crippen LogP contribution in [0, 0.1) is 0 Å². The lowest BCUT2D eigenvalue weighted by atomic mass is 9.92. The molecule has 90 valence electrons. The van der Waals surface area contributed by atoms with Crippen LogP contribution in [0.25, 0.3) is 0 Å². The molecule has 2 atom stereocenters. The van der Waals surface area contributed by atoms with E-state index >= 15 is 0 Å². The predicted molar refractivity (Wildman–Crippen MR) is 57.8 cm³/mol. The van der Waals surface area contributed by atoms with Crippen LogP contribution in [0.1, 0.15) is 26.7 Å². The van der Waals surface area contributed by atoms with Crippen molar-refractivity contribution in [3.05, 3.63) is 0 Å². The smallest absolute Gasteiger partial charge is 0.242 e. The number of hydrogen-bond donors (Lipinski definition) is 1. The molecule has 2 amide bonds. The molecule has 2 aliphatic rings. The lowest BCUT2D eigenvalue weighted by Crippen LogP contribution is -2.54. The molecule has 5 nitrogen and oxygen atoms in total. The number of amides is 2. The van der Waals surface area contributed by atoms with E-state index < -0.39 is 0 Å². The number of rotatable bonds is 1. The van der Waals surface area contributed by atoms with Crippen molar-refractivity contribution in [1.29, 1.82) is 0 Å². The Kier molecular flexibility index (Phi) is 2.88. The van der Waals surface area contributed by atoms with Crippen LogP contribution in [0.3, 0.4) is 0 Å². The molecule has 16 heavy (non-hydrogen) atoms. The van der Waals surface area contributed by atoms with Crippen molar-refractivity contribution in [2.24, 2.45) is 0 Å². The van der Waals surface area contributed by atoms with Gasteiger partial charge in [0.1, 0.15) is 0 Å². The van der Waals surface area contributed by atoms with Gasteiger partial charge in [0.15, 0.2) is 0 Å². The number of nitrogens with one attached hydrogen (secondary N) is 1. The van der Waals surface area contributed by atoms with E-state index in [4.69, 9.17) is 4.74 Å². The van der Waals surface area contributed by atoms with Gasteiger partial charge in [-0.2, -0.15) is 0 Å². The van der Waals surface area contributed by atoms with Crippen LogP contribution in [-0.2, 0) is 14.3 Å². The number of carbonyl (C=O) groups excluding carboxylic acids is 2. The van der Waals surface area contributed by atoms with Crippen LogP contribution in [0.4, 0.5) is 0 Å². The van der Waals surface area contributed by atoms with Crippen LogP contribution in [0.15, 0.2) is 0 Å². The molecule has 0 saturated carbocycles. The molecule has 2 aliphatic heterocycles. The zero-order valence-corrected chi connectivity index (χ0v) is 9.78. The first-order valence-electron chi connectivity index (χ1n) is 5.73. The summed E-state index contributed by atoms with van der Waals surface area (Å²) in [6, 6.07) is 0. The Hall–Kier alpha value is -1.10. The first kappa shape index (κ1) is 11.4. The van der Waals surface area contributed by atoms with E-state index in [1.807, 2.05) is 18.7 Å². The maximum Gasteiger partial charge on any atom is 0.242 e. The highest BCUT2D eigenvalue weighted by molar-refractivity contribution is 5.87. The van der Waals surface area contributed by atoms with Crippen molar-refractivity contribution in [3.8, 4) is 0 Å². The van der Waals surface area contributed by atoms with Gasteiger partial charge in [-0.3, -0.25) is 9.59 Å². The molecule has 0 radical (unpaired) electrons. The monoisotopic (exact) mass is 226 g/mol. The summed E-state index contributed by atoms with van der Waals surface area (Å²) in [5, 5.41) is 2.61. The Morgan fingerprint density at radius 2 is 2.25 bits per heavy atom. The fourth-order valence-corrected chi connectivity index (χ4v) is 2.42. The van der Waals surface area contributed by atoms with Gasteiger partial charge < -0.3 is 15.0 Å². The predicted octanol–water partition coefficient (Wildman–Crippen LogP) is -0.0976. The summed E-state index contributed by atoms with van der Waals surface area (Å²) in [6.07, 6.45) is 1.26. The Balaban J connectivity index is 2.18. The maximum absolute atomic E-state index is 12.0. The van der Waals surface area contributed by atoms with Crippen LogP contribution in [0.5, 0.6) is 0 Å². The average Bonchev–Trinajstić information content (AvgIpc) is 2.46. The largest absolute Gasteiger partial charge is 0.376 e. The molecule has 2 saturated heterocycles. The molecule has 0 aromatic carbocycles. The van der Waals surface area contributed by atoms with E-state index in [1.165, 1.54) is 0 Å². The number of ether oxygens (including phenoxy) is 1. The summed E-state index contributed by atoms with van der Waals surface area (Å²) in [5.74, 6) is -0.0586. The van der Waals surface area contributed by atoms with Gasteiger partial charge in [-0.1, -0.05) is 0 Å². The molecule has 2 unspecified atom stereocenters. The molecule has 2 heterocycles. The van der Waals surface area contributed by atoms with Crippen molar-refractivity contribution in [3.63, 3.8) is 0 Å². The number of hydrogen-bond acceptors (Lipinski definition) is 3. The molecular weight excluding hydrogens is 208 g/mol. The summed E-state index contributed by atoms with van der Waals surface area (Å²) < 4.78 is 5.54. The minimum absolute atomic E-state index is 0.00861. The summed E-state index contributed by atoms with van der Waals surface area (Å²) in [7, 11) is 0. The molecule has 5 heteroatoms. The van der Waals surface area contributed by atoms with Gasteiger partial charge in [-0.15, -0.1) is 0 Å². The maximum atomic E-state index is 12.0. The molecule has 2 fully saturated rings. The highest BCUT2D eigenvalue weighted by atomic mass is 16.5. The molecule has 0 aromatic rings. The molecule has 1 N–H and O–H groups in total. The minimum Gasteiger partial charge on any atom is -0.376 e. The second-order valence-electron chi connectivity index (χ2n) is 4.69. The Morgan fingerprint density at radius 3 is 2.88 bits per heavy atom. The molecule has 0 aliphatic carbocycles. The van der Waals surface area contributed by atoms with E-state index in [-0.39, 0.29) is 30.0 Å². The van der Waals surface area contributed by atoms with E-state index in [0.29, 0.717) is 19.6 Å². The topological polar surface area (TPSA) is 58.6 Å². The van der Waals surface area contributed by atoms with Gasteiger partial charge >= 0.3 is 0 Å². The molecule has 0 spiro atoms. The highest BCUT2D eigenvalue weighted by Crippen LogP contribution is 2.32. The van der Waals surface area contributed by atoms with Crippen molar-refractivity contribution >= 4 is 11.8 Å². The quantitative estimate of drug-likeness (QED) is 0.679. The first-order valence-corrected chi connectivity index (χ1v) is 5.73. The van der Waals surface area contributed by atoms with Gasteiger partial charge in [-0.05, 0) is 20.3 Å². The van der Waals surface area contributed by atoms with Gasteiger partial charge in [0.05, 0.1) is 18.2 Å². The third-order valence-corrected chi connectivity index (χ3v) is 3.77. The van der Waals surface area contributed by atoms with Crippen molar-refractivity contribution in [2.45, 2.75) is 38.3 Å². The van der Waals surface area contributed by atoms with E-state index in [0.717, 1.165) is 6.42 Å². The standard InChI is InChI=1S/C11H18N2O3/c1-8-11(2,4-6-16-8)13-5-3-9(14)12-7-10(13)15/h8H,3-7H2,1-2H3,(H,12,14). The van der Waals surface area contributed by atoms with Gasteiger partial charge in [0.2, 0.25) is 11.8 Å². The minimum atomic E-state index is -0.261. The average molecular weight is 226 g/mol. The van der Waals surface area contributed by atoms with Crippen LogP contribution < -0.4 is 5.32 Å². The van der Waals surface area contributed by atoms with Gasteiger partial charge in [-0.25, -0.2) is 0 Å². The summed E-state index contributed by atoms with van der Waals surface area (Å²) in [6.45, 7) is 5.32. The summed E-state index contributed by atoms with van der Waals surface area (Å²) in [4.78, 5) is 25.0. The second kappa shape index (κ2) is 4.05. The number of nitrogens with zero attached hydrogens (tertiary/aromatic N) is 1. The second-order valence-corrected chi connectivity index (χ2v) is 4.69. The fourth-order valence-electron chi connectivity index (χ4n) is 2.42. The van der Waals surface area contributed by atoms with Crippen molar-refractivity contribution in [1.82, 2.24) is 10.2 Å². The van der Waals surface area contributed by atoms with Crippen molar-refractivity contribution < 1.29 is 14.3 Å². The molecule has 2 rings (SSSR count). The van der Waals surface area contributed by atoms with E-state index in [9.17, 15) is 9.59 Å². The normalized spacial score (nSPS) is 36.1. The molecule has 0 bridgehead atoms. The zero-order chi connectivity index (χ0) is 11.8. The molecule has 0 aromatic heterocycles. The van der Waals surface area contributed by atoms with Crippen LogP contribution in [-0.4, -0.2) is 48.1 Å². The Labute approximate surface area is 95.1 Å². The number of carbonyl (C=O) groups is 2. The lowest BCUT2D eigenvalue weighted by molar-refractivity contribution is -0.137. The Bertz CT molecular complexity index is 318. The SMILES string of the molecule is CC1OCCC1(C)N1CCC(=O)NCC1=O. The summed E-state index contributed by atoms with van der Waals surface area (Å²) >= 11 is 0. The molecular formula is C11H18N2O3. The van der Waals surface area contributed by atoms with Gasteiger partial charge in [0, 0.05) is 19.6 Å². The fraction of sp³-hybridized carbons (Fsp3) is 0.818. The Morgan fingerprint density at radius 1 is 1.50 bits per heavy atom. The third-order valence-electron chi connectivity index (χ3n) is 3.77. The first-order chi connectivity index (χ1) is 7.54. The van der Waals surface area contributed by atoms with Gasteiger partial charge in [0.25, 0.3) is 0 Å². The van der Waals surface area contributed by atoms with E-state index in [1.54, 1.807) is 0 Å². The lowest BCUT2D eigenvalue weighted by Gasteiger charge is -2.39. The highest BCUT2D eigenvalue weighted by Gasteiger charge is 2.44.